The van der Waals surface area contributed by atoms with Crippen LogP contribution in [0.3, 0.4) is 0 Å². The van der Waals surface area contributed by atoms with Crippen molar-refractivity contribution >= 4 is 23.4 Å². The summed E-state index contributed by atoms with van der Waals surface area (Å²) in [5, 5.41) is 27.5. The topological polar surface area (TPSA) is 125 Å². The third-order valence-corrected chi connectivity index (χ3v) is 10.9. The van der Waals surface area contributed by atoms with Crippen LogP contribution in [0, 0.1) is 34.5 Å². The van der Waals surface area contributed by atoms with Crippen LogP contribution in [0.4, 0.5) is 0 Å². The number of oxime groups is 1. The molecule has 0 aromatic heterocycles. The monoisotopic (exact) mass is 516 g/mol. The first-order valence-corrected chi connectivity index (χ1v) is 14.0. The second kappa shape index (κ2) is 10.2. The third-order valence-electron chi connectivity index (χ3n) is 10.9. The maximum atomic E-state index is 12.4. The highest BCUT2D eigenvalue weighted by Crippen LogP contribution is 2.67. The molecule has 0 spiro atoms. The normalized spacial score (nSPS) is 39.5. The number of Topliss-reactive ketones (excluding diaryl/α,β-unsaturated/α-hetero) is 1. The molecule has 3 N–H and O–H groups in total. The highest BCUT2D eigenvalue weighted by Gasteiger charge is 2.65. The Morgan fingerprint density at radius 3 is 2.49 bits per heavy atom. The van der Waals surface area contributed by atoms with Gasteiger partial charge in [0.1, 0.15) is 11.6 Å². The Bertz CT molecular complexity index is 1010. The molecule has 0 radical (unpaired) electrons. The Kier molecular flexibility index (Phi) is 7.63. The van der Waals surface area contributed by atoms with E-state index in [0.29, 0.717) is 30.6 Å². The number of carboxylic acids is 1. The molecule has 0 heterocycles. The lowest BCUT2D eigenvalue weighted by atomic mass is 9.46. The first-order valence-electron chi connectivity index (χ1n) is 14.0. The van der Waals surface area contributed by atoms with Crippen molar-refractivity contribution in [2.75, 3.05) is 6.61 Å². The lowest BCUT2D eigenvalue weighted by Gasteiger charge is -2.59. The molecule has 206 valence electrons. The largest absolute Gasteiger partial charge is 0.480 e. The molecule has 8 heteroatoms. The summed E-state index contributed by atoms with van der Waals surface area (Å²) in [5.41, 5.74) is 0.764. The number of fused-ring (bicyclic) bond motifs is 5. The Morgan fingerprint density at radius 2 is 1.84 bits per heavy atom. The van der Waals surface area contributed by atoms with Crippen LogP contribution in [-0.2, 0) is 19.2 Å². The zero-order chi connectivity index (χ0) is 27.2. The van der Waals surface area contributed by atoms with Gasteiger partial charge in [-0.15, -0.1) is 0 Å². The molecule has 3 fully saturated rings. The van der Waals surface area contributed by atoms with Crippen molar-refractivity contribution in [1.82, 2.24) is 5.32 Å². The maximum absolute atomic E-state index is 12.4. The molecule has 8 atom stereocenters. The van der Waals surface area contributed by atoms with Gasteiger partial charge in [-0.1, -0.05) is 44.8 Å². The molecule has 3 saturated carbocycles. The summed E-state index contributed by atoms with van der Waals surface area (Å²) in [5.74, 6) is -0.376. The maximum Gasteiger partial charge on any atom is 0.326 e. The Balaban J connectivity index is 1.41. The Morgan fingerprint density at radius 1 is 1.14 bits per heavy atom. The number of aliphatic hydroxyl groups is 1. The van der Waals surface area contributed by atoms with Crippen LogP contribution in [0.1, 0.15) is 92.4 Å². The highest BCUT2D eigenvalue weighted by atomic mass is 16.6. The summed E-state index contributed by atoms with van der Waals surface area (Å²) in [4.78, 5) is 41.5. The predicted molar refractivity (Wildman–Crippen MR) is 140 cm³/mol. The predicted octanol–water partition coefficient (Wildman–Crippen LogP) is 4.26. The summed E-state index contributed by atoms with van der Waals surface area (Å²) in [6.07, 6.45) is 9.94. The van der Waals surface area contributed by atoms with Crippen molar-refractivity contribution in [2.24, 2.45) is 39.7 Å². The van der Waals surface area contributed by atoms with Crippen molar-refractivity contribution in [2.45, 2.75) is 104 Å². The Labute approximate surface area is 220 Å². The molecular weight excluding hydrogens is 472 g/mol. The summed E-state index contributed by atoms with van der Waals surface area (Å²) >= 11 is 0. The van der Waals surface area contributed by atoms with E-state index in [1.165, 1.54) is 5.57 Å². The van der Waals surface area contributed by atoms with Gasteiger partial charge in [-0.25, -0.2) is 4.79 Å². The number of carbonyl (C=O) groups excluding carboxylic acids is 2. The van der Waals surface area contributed by atoms with E-state index < -0.39 is 23.5 Å². The van der Waals surface area contributed by atoms with Gasteiger partial charge in [0.25, 0.3) is 5.91 Å². The van der Waals surface area contributed by atoms with Crippen molar-refractivity contribution in [3.05, 3.63) is 11.6 Å². The number of allylic oxidation sites excluding steroid dienone is 2. The molecule has 8 nitrogen and oxygen atoms in total. The van der Waals surface area contributed by atoms with E-state index in [0.717, 1.165) is 50.7 Å². The number of nitrogens with zero attached hydrogens (tertiary/aromatic N) is 1. The minimum absolute atomic E-state index is 0.0720. The molecule has 4 rings (SSSR count). The van der Waals surface area contributed by atoms with Gasteiger partial charge < -0.3 is 20.4 Å². The SMILES string of the molecule is CC[C@H](C)[C@H](NC(=O)CO/N=C1/C=C2CC[C@@H]3[C@H](CC[C@@]4(C)[C@H]3CC[C@]4(O)C(C)=O)[C@@]2(C)CC1)C(=O)O. The minimum atomic E-state index is -1.19. The molecule has 0 saturated heterocycles. The van der Waals surface area contributed by atoms with Gasteiger partial charge in [0.05, 0.1) is 5.71 Å². The van der Waals surface area contributed by atoms with E-state index in [9.17, 15) is 24.6 Å². The van der Waals surface area contributed by atoms with Crippen LogP contribution in [0.5, 0.6) is 0 Å². The van der Waals surface area contributed by atoms with E-state index in [-0.39, 0.29) is 29.1 Å². The average Bonchev–Trinajstić information content (AvgIpc) is 3.14. The van der Waals surface area contributed by atoms with Gasteiger partial charge in [0.2, 0.25) is 0 Å². The van der Waals surface area contributed by atoms with E-state index in [2.05, 4.69) is 30.4 Å². The fraction of sp³-hybridized carbons (Fsp3) is 0.793. The van der Waals surface area contributed by atoms with E-state index in [4.69, 9.17) is 4.84 Å². The second-order valence-electron chi connectivity index (χ2n) is 12.5. The van der Waals surface area contributed by atoms with Gasteiger partial charge >= 0.3 is 5.97 Å². The number of nitrogens with one attached hydrogen (secondary N) is 1. The van der Waals surface area contributed by atoms with E-state index in [1.807, 2.05) is 6.92 Å². The molecule has 37 heavy (non-hydrogen) atoms. The lowest BCUT2D eigenvalue weighted by molar-refractivity contribution is -0.159. The summed E-state index contributed by atoms with van der Waals surface area (Å²) in [6.45, 7) is 9.44. The van der Waals surface area contributed by atoms with Gasteiger partial charge in [0.15, 0.2) is 12.4 Å². The average molecular weight is 517 g/mol. The second-order valence-corrected chi connectivity index (χ2v) is 12.5. The van der Waals surface area contributed by atoms with E-state index in [1.54, 1.807) is 13.8 Å². The smallest absolute Gasteiger partial charge is 0.326 e. The number of ketones is 1. The number of carboxylic acid groups (broad SMARTS) is 1. The molecule has 0 bridgehead atoms. The molecule has 4 aliphatic carbocycles. The van der Waals surface area contributed by atoms with Gasteiger partial charge in [0, 0.05) is 5.41 Å². The molecule has 0 aromatic rings. The number of hydrogen-bond donors (Lipinski definition) is 3. The summed E-state index contributed by atoms with van der Waals surface area (Å²) < 4.78 is 0. The van der Waals surface area contributed by atoms with Crippen molar-refractivity contribution in [3.8, 4) is 0 Å². The van der Waals surface area contributed by atoms with Crippen molar-refractivity contribution < 1.29 is 29.4 Å². The van der Waals surface area contributed by atoms with Crippen LogP contribution in [0.25, 0.3) is 0 Å². The van der Waals surface area contributed by atoms with E-state index >= 15 is 0 Å². The zero-order valence-corrected chi connectivity index (χ0v) is 23.0. The van der Waals surface area contributed by atoms with Crippen LogP contribution in [-0.4, -0.2) is 51.8 Å². The molecule has 1 amide bonds. The van der Waals surface area contributed by atoms with Crippen LogP contribution >= 0.6 is 0 Å². The Hall–Kier alpha value is -2.22. The van der Waals surface area contributed by atoms with Crippen LogP contribution in [0.15, 0.2) is 16.8 Å². The minimum Gasteiger partial charge on any atom is -0.480 e. The van der Waals surface area contributed by atoms with Crippen LogP contribution < -0.4 is 5.32 Å². The number of amides is 1. The van der Waals surface area contributed by atoms with Crippen molar-refractivity contribution in [3.63, 3.8) is 0 Å². The van der Waals surface area contributed by atoms with Crippen LogP contribution in [0.2, 0.25) is 0 Å². The fourth-order valence-electron chi connectivity index (χ4n) is 8.31. The summed E-state index contributed by atoms with van der Waals surface area (Å²) in [6, 6.07) is -0.940. The fourth-order valence-corrected chi connectivity index (χ4v) is 8.31. The molecule has 0 aromatic carbocycles. The zero-order valence-electron chi connectivity index (χ0n) is 23.0. The van der Waals surface area contributed by atoms with Gasteiger partial charge in [-0.2, -0.15) is 0 Å². The third kappa shape index (κ3) is 4.64. The molecule has 0 aliphatic heterocycles. The first-order chi connectivity index (χ1) is 17.4. The summed E-state index contributed by atoms with van der Waals surface area (Å²) in [7, 11) is 0. The standard InChI is InChI=1S/C29H44N2O6/c1-6-17(2)25(26(34)35)30-24(33)16-37-31-20-9-12-27(4)19(15-20)7-8-21-22(27)10-13-28(5)23(21)11-14-29(28,36)18(3)32/h15,17,21-23,25,36H,6-14,16H2,1-5H3,(H,30,33)(H,34,35)/b31-20+/t17-,21+,22-,23-,25-,27-,28-,29-/m0/s1. The number of hydrogen-bond acceptors (Lipinski definition) is 6. The number of carbonyl (C=O) groups is 3. The quantitative estimate of drug-likeness (QED) is 0.414. The molecule has 4 aliphatic rings. The molecular formula is C29H44N2O6. The highest BCUT2D eigenvalue weighted by molar-refractivity contribution is 5.96. The number of aliphatic carboxylic acids is 1. The number of rotatable bonds is 8. The lowest BCUT2D eigenvalue weighted by Crippen LogP contribution is -2.57. The van der Waals surface area contributed by atoms with Gasteiger partial charge in [-0.3, -0.25) is 9.59 Å². The first kappa shape index (κ1) is 27.8. The van der Waals surface area contributed by atoms with Gasteiger partial charge in [-0.05, 0) is 93.5 Å². The van der Waals surface area contributed by atoms with Crippen molar-refractivity contribution in [1.29, 1.82) is 0 Å². The molecule has 0 unspecified atom stereocenters.